The molecule has 1 amide bonds. The number of nitrogens with zero attached hydrogens (tertiary/aromatic N) is 1. The number of phosphoric acid groups is 1. The van der Waals surface area contributed by atoms with E-state index in [0.29, 0.717) is 17.4 Å². The van der Waals surface area contributed by atoms with E-state index in [0.717, 1.165) is 109 Å². The Hall–Kier alpha value is -3.10. The van der Waals surface area contributed by atoms with Crippen LogP contribution < -0.4 is 5.32 Å². The van der Waals surface area contributed by atoms with Crippen LogP contribution in [-0.2, 0) is 18.4 Å². The van der Waals surface area contributed by atoms with E-state index in [9.17, 15) is 19.4 Å². The second kappa shape index (κ2) is 68.3. The quantitative estimate of drug-likeness (QED) is 0.0243. The summed E-state index contributed by atoms with van der Waals surface area (Å²) in [6.07, 6.45) is 102. The number of aliphatic hydroxyl groups is 1. The number of hydrogen-bond acceptors (Lipinski definition) is 5. The van der Waals surface area contributed by atoms with Crippen molar-refractivity contribution in [2.24, 2.45) is 0 Å². The molecule has 0 aromatic heterocycles. The highest BCUT2D eigenvalue weighted by Gasteiger charge is 2.28. The summed E-state index contributed by atoms with van der Waals surface area (Å²) in [5.74, 6) is -0.189. The number of quaternary nitrogens is 1. The molecule has 0 radical (unpaired) electrons. The van der Waals surface area contributed by atoms with E-state index in [4.69, 9.17) is 9.05 Å². The first-order valence-electron chi connectivity index (χ1n) is 36.9. The molecule has 0 aromatic carbocycles. The van der Waals surface area contributed by atoms with Gasteiger partial charge in [-0.3, -0.25) is 13.8 Å². The number of carbonyl (C=O) groups excluding carboxylic acids is 1. The normalized spacial score (nSPS) is 14.3. The average molecular weight is 1250 g/mol. The van der Waals surface area contributed by atoms with Crippen LogP contribution >= 0.6 is 7.82 Å². The maximum atomic E-state index is 13.1. The number of allylic oxidation sites excluding steroid dienone is 19. The van der Waals surface area contributed by atoms with Gasteiger partial charge < -0.3 is 19.8 Å². The Kier molecular flexibility index (Phi) is 65.9. The Morgan fingerprint density at radius 3 is 1.00 bits per heavy atom. The fourth-order valence-corrected chi connectivity index (χ4v) is 11.2. The van der Waals surface area contributed by atoms with E-state index in [2.05, 4.69) is 129 Å². The van der Waals surface area contributed by atoms with Crippen LogP contribution in [0.4, 0.5) is 0 Å². The lowest BCUT2D eigenvalue weighted by atomic mass is 10.0. The van der Waals surface area contributed by atoms with Crippen molar-refractivity contribution in [1.29, 1.82) is 0 Å². The van der Waals surface area contributed by atoms with E-state index in [1.54, 1.807) is 6.08 Å². The predicted octanol–water partition coefficient (Wildman–Crippen LogP) is 24.0. The summed E-state index contributed by atoms with van der Waals surface area (Å²) in [5, 5.41) is 14.0. The minimum atomic E-state index is -4.37. The Morgan fingerprint density at radius 1 is 0.398 bits per heavy atom. The molecule has 0 aromatic rings. The molecule has 0 aliphatic carbocycles. The molecule has 508 valence electrons. The van der Waals surface area contributed by atoms with Crippen molar-refractivity contribution in [3.63, 3.8) is 0 Å². The van der Waals surface area contributed by atoms with Gasteiger partial charge >= 0.3 is 7.82 Å². The van der Waals surface area contributed by atoms with E-state index >= 15 is 0 Å². The van der Waals surface area contributed by atoms with Crippen LogP contribution in [-0.4, -0.2) is 73.4 Å². The summed E-state index contributed by atoms with van der Waals surface area (Å²) in [6, 6.07) is -0.864. The summed E-state index contributed by atoms with van der Waals surface area (Å²) in [5.41, 5.74) is 0. The average Bonchev–Trinajstić information content (AvgIpc) is 3.64. The topological polar surface area (TPSA) is 105 Å². The predicted molar refractivity (Wildman–Crippen MR) is 387 cm³/mol. The highest BCUT2D eigenvalue weighted by atomic mass is 31.2. The highest BCUT2D eigenvalue weighted by Crippen LogP contribution is 2.43. The summed E-state index contributed by atoms with van der Waals surface area (Å²) >= 11 is 0. The molecule has 8 nitrogen and oxygen atoms in total. The summed E-state index contributed by atoms with van der Waals surface area (Å²) in [6.45, 7) is 4.72. The number of phosphoric ester groups is 1. The molecular formula is C79H142N2O6P+. The molecule has 0 bridgehead atoms. The molecule has 0 fully saturated rings. The van der Waals surface area contributed by atoms with Crippen LogP contribution in [0, 0.1) is 0 Å². The fourth-order valence-electron chi connectivity index (χ4n) is 10.5. The third-order valence-electron chi connectivity index (χ3n) is 16.2. The van der Waals surface area contributed by atoms with Crippen LogP contribution in [0.15, 0.2) is 122 Å². The van der Waals surface area contributed by atoms with Gasteiger partial charge in [-0.1, -0.05) is 347 Å². The van der Waals surface area contributed by atoms with Crippen molar-refractivity contribution in [1.82, 2.24) is 5.32 Å². The number of amides is 1. The zero-order valence-corrected chi connectivity index (χ0v) is 59.1. The van der Waals surface area contributed by atoms with Crippen LogP contribution in [0.1, 0.15) is 322 Å². The van der Waals surface area contributed by atoms with Crippen molar-refractivity contribution < 1.29 is 32.9 Å². The molecule has 0 aliphatic heterocycles. The summed E-state index contributed by atoms with van der Waals surface area (Å²) in [7, 11) is 1.56. The second-order valence-corrected chi connectivity index (χ2v) is 27.4. The number of aliphatic hydroxyl groups excluding tert-OH is 1. The zero-order chi connectivity index (χ0) is 64.1. The third-order valence-corrected chi connectivity index (χ3v) is 17.2. The molecule has 3 unspecified atom stereocenters. The summed E-state index contributed by atoms with van der Waals surface area (Å²) in [4.78, 5) is 23.5. The number of carbonyl (C=O) groups is 1. The minimum Gasteiger partial charge on any atom is -0.387 e. The van der Waals surface area contributed by atoms with Gasteiger partial charge in [0, 0.05) is 6.42 Å². The van der Waals surface area contributed by atoms with E-state index < -0.39 is 20.0 Å². The van der Waals surface area contributed by atoms with Gasteiger partial charge in [-0.2, -0.15) is 0 Å². The largest absolute Gasteiger partial charge is 0.472 e. The molecule has 3 atom stereocenters. The Balaban J connectivity index is 4.13. The zero-order valence-electron chi connectivity index (χ0n) is 58.2. The minimum absolute atomic E-state index is 0.0537. The third kappa shape index (κ3) is 70.4. The Morgan fingerprint density at radius 2 is 0.682 bits per heavy atom. The maximum Gasteiger partial charge on any atom is 0.472 e. The maximum absolute atomic E-state index is 13.1. The van der Waals surface area contributed by atoms with Crippen LogP contribution in [0.25, 0.3) is 0 Å². The Labute approximate surface area is 545 Å². The number of likely N-dealkylation sites (N-methyl/N-ethyl adjacent to an activating group) is 1. The lowest BCUT2D eigenvalue weighted by Gasteiger charge is -2.25. The van der Waals surface area contributed by atoms with Crippen molar-refractivity contribution in [2.75, 3.05) is 40.9 Å². The van der Waals surface area contributed by atoms with Gasteiger partial charge in [0.1, 0.15) is 13.2 Å². The first kappa shape index (κ1) is 84.9. The number of hydrogen-bond donors (Lipinski definition) is 3. The Bertz CT molecular complexity index is 1850. The SMILES string of the molecule is CC/C=C\C/C=C\C/C=C\C/C=C\C/C=C\C/C=C\C/C=C\C/C=C\C/C=C\CCCCCCCCCC(=O)NC(COP(=O)(O)OCC[N+](C)(C)C)C(O)/C=C/CCCCCCCCCCCCCCCCCCCCCCCCCCCCCCC. The second-order valence-electron chi connectivity index (χ2n) is 25.9. The molecule has 0 aliphatic rings. The van der Waals surface area contributed by atoms with Gasteiger partial charge in [0.2, 0.25) is 5.91 Å². The lowest BCUT2D eigenvalue weighted by molar-refractivity contribution is -0.870. The fraction of sp³-hybridized carbons (Fsp3) is 0.734. The van der Waals surface area contributed by atoms with Crippen molar-refractivity contribution in [3.05, 3.63) is 122 Å². The summed E-state index contributed by atoms with van der Waals surface area (Å²) < 4.78 is 23.8. The first-order valence-corrected chi connectivity index (χ1v) is 38.4. The van der Waals surface area contributed by atoms with Gasteiger partial charge in [0.15, 0.2) is 0 Å². The van der Waals surface area contributed by atoms with Gasteiger partial charge in [0.25, 0.3) is 0 Å². The van der Waals surface area contributed by atoms with Gasteiger partial charge in [-0.05, 0) is 89.9 Å². The molecule has 0 rings (SSSR count). The smallest absolute Gasteiger partial charge is 0.387 e. The highest BCUT2D eigenvalue weighted by molar-refractivity contribution is 7.47. The molecule has 9 heteroatoms. The molecule has 0 saturated carbocycles. The van der Waals surface area contributed by atoms with Gasteiger partial charge in [-0.15, -0.1) is 0 Å². The monoisotopic (exact) mass is 1250 g/mol. The molecule has 3 N–H and O–H groups in total. The van der Waals surface area contributed by atoms with Crippen LogP contribution in [0.2, 0.25) is 0 Å². The van der Waals surface area contributed by atoms with Gasteiger partial charge in [0.05, 0.1) is 39.9 Å². The van der Waals surface area contributed by atoms with Crippen LogP contribution in [0.5, 0.6) is 0 Å². The van der Waals surface area contributed by atoms with E-state index in [1.165, 1.54) is 193 Å². The molecule has 88 heavy (non-hydrogen) atoms. The molecule has 0 saturated heterocycles. The standard InChI is InChI=1S/C79H141N2O6P/c1-6-8-10-12-14-16-18-20-22-24-26-28-30-32-34-36-38-39-40-41-43-45-47-49-51-53-55-57-59-61-63-65-67-69-71-73-79(83)80-77(76-87-88(84,85)86-75-74-81(3,4)5)78(82)72-70-68-66-64-62-60-58-56-54-52-50-48-46-44-42-37-35-33-31-29-27-25-23-21-19-17-15-13-11-9-7-2/h8,10,14,16,20,22,26,28,32,34,38-39,41,43,47,49,53,55,70,72,77-78,82H,6-7,9,11-13,15,17-19,21,23-25,27,29-31,33,35-37,40,42,44-46,48,50-52,54,56-69,71,73-76H2,1-5H3,(H-,80,83,84,85)/p+1/b10-8-,16-14-,22-20-,28-26-,34-32-,39-38-,43-41-,49-47-,55-53-,72-70+. The van der Waals surface area contributed by atoms with Crippen molar-refractivity contribution in [2.45, 2.75) is 334 Å². The van der Waals surface area contributed by atoms with Crippen molar-refractivity contribution >= 4 is 13.7 Å². The molecule has 0 heterocycles. The van der Waals surface area contributed by atoms with E-state index in [-0.39, 0.29) is 19.1 Å². The number of unbranched alkanes of at least 4 members (excludes halogenated alkanes) is 36. The first-order chi connectivity index (χ1) is 43.0. The van der Waals surface area contributed by atoms with Crippen LogP contribution in [0.3, 0.4) is 0 Å². The van der Waals surface area contributed by atoms with Crippen molar-refractivity contribution in [3.8, 4) is 0 Å². The van der Waals surface area contributed by atoms with E-state index in [1.807, 2.05) is 27.2 Å². The lowest BCUT2D eigenvalue weighted by Crippen LogP contribution is -2.45. The molecular weight excluding hydrogens is 1100 g/mol. The van der Waals surface area contributed by atoms with Gasteiger partial charge in [-0.25, -0.2) is 4.57 Å². The number of nitrogens with one attached hydrogen (secondary N) is 1. The molecule has 0 spiro atoms. The number of rotatable bonds is 67.